The maximum Gasteiger partial charge on any atom is 0.0488 e. The minimum absolute atomic E-state index is 0.163. The highest BCUT2D eigenvalue weighted by Crippen LogP contribution is 2.46. The van der Waals surface area contributed by atoms with Gasteiger partial charge in [-0.25, -0.2) is 0 Å². The van der Waals surface area contributed by atoms with E-state index >= 15 is 0 Å². The lowest BCUT2D eigenvalue weighted by Crippen LogP contribution is -2.51. The molecule has 0 amide bonds. The van der Waals surface area contributed by atoms with Crippen molar-refractivity contribution < 1.29 is 5.11 Å². The Bertz CT molecular complexity index is 542. The third kappa shape index (κ3) is 3.82. The first-order valence-electron chi connectivity index (χ1n) is 8.67. The molecule has 3 rings (SSSR count). The lowest BCUT2D eigenvalue weighted by molar-refractivity contribution is -0.0463. The van der Waals surface area contributed by atoms with Gasteiger partial charge in [-0.3, -0.25) is 4.90 Å². The molecule has 1 saturated carbocycles. The molecule has 1 aliphatic rings. The van der Waals surface area contributed by atoms with Gasteiger partial charge in [0.15, 0.2) is 0 Å². The zero-order chi connectivity index (χ0) is 16.1. The molecule has 2 aromatic carbocycles. The van der Waals surface area contributed by atoms with Crippen LogP contribution in [0.25, 0.3) is 0 Å². The fourth-order valence-electron chi connectivity index (χ4n) is 3.68. The number of hydrogen-bond acceptors (Lipinski definition) is 2. The first-order chi connectivity index (χ1) is 11.2. The van der Waals surface area contributed by atoms with Crippen molar-refractivity contribution in [2.24, 2.45) is 5.41 Å². The molecule has 0 bridgehead atoms. The molecule has 1 fully saturated rings. The fraction of sp³-hybridized carbons (Fsp3) is 0.429. The molecule has 122 valence electrons. The summed E-state index contributed by atoms with van der Waals surface area (Å²) in [5, 5.41) is 9.70. The highest BCUT2D eigenvalue weighted by atomic mass is 16.3. The zero-order valence-electron chi connectivity index (χ0n) is 14.0. The zero-order valence-corrected chi connectivity index (χ0v) is 14.0. The number of nitrogens with zero attached hydrogens (tertiary/aromatic N) is 1. The Morgan fingerprint density at radius 1 is 0.913 bits per heavy atom. The molecule has 0 unspecified atom stereocenters. The first-order valence-corrected chi connectivity index (χ1v) is 8.67. The minimum atomic E-state index is 0.163. The van der Waals surface area contributed by atoms with Crippen molar-refractivity contribution in [3.8, 4) is 0 Å². The Balaban J connectivity index is 1.72. The minimum Gasteiger partial charge on any atom is -0.396 e. The van der Waals surface area contributed by atoms with Gasteiger partial charge in [-0.15, -0.1) is 0 Å². The third-order valence-electron chi connectivity index (χ3n) is 5.40. The van der Waals surface area contributed by atoms with Crippen LogP contribution in [-0.4, -0.2) is 22.7 Å². The summed E-state index contributed by atoms with van der Waals surface area (Å²) in [6, 6.07) is 22.0. The van der Waals surface area contributed by atoms with E-state index in [0.29, 0.717) is 12.6 Å². The second-order valence-electron chi connectivity index (χ2n) is 6.95. The molecule has 2 aromatic rings. The van der Waals surface area contributed by atoms with Gasteiger partial charge in [0.1, 0.15) is 0 Å². The first kappa shape index (κ1) is 16.2. The van der Waals surface area contributed by atoms with Gasteiger partial charge >= 0.3 is 0 Å². The number of hydrogen-bond donors (Lipinski definition) is 1. The highest BCUT2D eigenvalue weighted by Gasteiger charge is 2.44. The van der Waals surface area contributed by atoms with Gasteiger partial charge in [0.05, 0.1) is 0 Å². The van der Waals surface area contributed by atoms with Gasteiger partial charge in [-0.1, -0.05) is 67.6 Å². The monoisotopic (exact) mass is 309 g/mol. The standard InChI is InChI=1S/C21H27NO/c1-2-21(17-23)13-20(14-21)22(15-18-9-5-3-6-10-18)16-19-11-7-4-8-12-19/h3-12,20,23H,2,13-17H2,1H3/t20-,21-. The SMILES string of the molecule is CC[C@]1(CO)C[C@H](N(Cc2ccccc2)Cc2ccccc2)C1. The quantitative estimate of drug-likeness (QED) is 0.827. The Morgan fingerprint density at radius 3 is 1.78 bits per heavy atom. The predicted molar refractivity (Wildman–Crippen MR) is 95.0 cm³/mol. The van der Waals surface area contributed by atoms with Crippen LogP contribution < -0.4 is 0 Å². The predicted octanol–water partition coefficient (Wildman–Crippen LogP) is 4.24. The Kier molecular flexibility index (Phi) is 5.14. The normalized spacial score (nSPS) is 23.7. The van der Waals surface area contributed by atoms with Gasteiger partial charge in [-0.2, -0.15) is 0 Å². The van der Waals surface area contributed by atoms with Gasteiger partial charge in [0, 0.05) is 25.7 Å². The van der Waals surface area contributed by atoms with E-state index in [1.54, 1.807) is 0 Å². The molecule has 0 aliphatic heterocycles. The molecular weight excluding hydrogens is 282 g/mol. The Hall–Kier alpha value is -1.64. The summed E-state index contributed by atoms with van der Waals surface area (Å²) >= 11 is 0. The van der Waals surface area contributed by atoms with Crippen molar-refractivity contribution in [2.75, 3.05) is 6.61 Å². The average Bonchev–Trinajstić information content (AvgIpc) is 2.56. The van der Waals surface area contributed by atoms with Crippen molar-refractivity contribution in [1.29, 1.82) is 0 Å². The largest absolute Gasteiger partial charge is 0.396 e. The Labute approximate surface area is 139 Å². The molecule has 23 heavy (non-hydrogen) atoms. The number of aliphatic hydroxyl groups is 1. The summed E-state index contributed by atoms with van der Waals surface area (Å²) in [5.41, 5.74) is 2.89. The number of benzene rings is 2. The Morgan fingerprint density at radius 2 is 1.39 bits per heavy atom. The summed E-state index contributed by atoms with van der Waals surface area (Å²) in [4.78, 5) is 2.58. The summed E-state index contributed by atoms with van der Waals surface area (Å²) in [5.74, 6) is 0. The van der Waals surface area contributed by atoms with E-state index in [9.17, 15) is 5.11 Å². The van der Waals surface area contributed by atoms with Gasteiger partial charge in [0.25, 0.3) is 0 Å². The maximum atomic E-state index is 9.70. The van der Waals surface area contributed by atoms with Gasteiger partial charge in [0.2, 0.25) is 0 Å². The van der Waals surface area contributed by atoms with E-state index in [-0.39, 0.29) is 5.41 Å². The van der Waals surface area contributed by atoms with E-state index < -0.39 is 0 Å². The maximum absolute atomic E-state index is 9.70. The van der Waals surface area contributed by atoms with Crippen LogP contribution >= 0.6 is 0 Å². The second kappa shape index (κ2) is 7.29. The molecule has 1 N–H and O–H groups in total. The lowest BCUT2D eigenvalue weighted by atomic mass is 9.63. The smallest absolute Gasteiger partial charge is 0.0488 e. The topological polar surface area (TPSA) is 23.5 Å². The van der Waals surface area contributed by atoms with Crippen LogP contribution in [-0.2, 0) is 13.1 Å². The molecule has 2 heteroatoms. The van der Waals surface area contributed by atoms with E-state index in [4.69, 9.17) is 0 Å². The molecule has 0 atom stereocenters. The van der Waals surface area contributed by atoms with Crippen LogP contribution in [0.1, 0.15) is 37.3 Å². The molecule has 0 aromatic heterocycles. The molecule has 0 heterocycles. The van der Waals surface area contributed by atoms with Crippen LogP contribution in [0, 0.1) is 5.41 Å². The summed E-state index contributed by atoms with van der Waals surface area (Å²) in [6.45, 7) is 4.48. The van der Waals surface area contributed by atoms with Crippen LogP contribution in [0.5, 0.6) is 0 Å². The van der Waals surface area contributed by atoms with Crippen molar-refractivity contribution in [1.82, 2.24) is 4.90 Å². The van der Waals surface area contributed by atoms with E-state index in [2.05, 4.69) is 72.5 Å². The van der Waals surface area contributed by atoms with Crippen molar-refractivity contribution >= 4 is 0 Å². The van der Waals surface area contributed by atoms with Gasteiger partial charge in [-0.05, 0) is 35.8 Å². The molecule has 1 aliphatic carbocycles. The van der Waals surface area contributed by atoms with Crippen LogP contribution in [0.15, 0.2) is 60.7 Å². The van der Waals surface area contributed by atoms with Crippen molar-refractivity contribution in [3.63, 3.8) is 0 Å². The average molecular weight is 309 g/mol. The fourth-order valence-corrected chi connectivity index (χ4v) is 3.68. The van der Waals surface area contributed by atoms with Gasteiger partial charge < -0.3 is 5.11 Å². The van der Waals surface area contributed by atoms with Crippen molar-refractivity contribution in [3.05, 3.63) is 71.8 Å². The summed E-state index contributed by atoms with van der Waals surface area (Å²) in [7, 11) is 0. The number of rotatable bonds is 7. The third-order valence-corrected chi connectivity index (χ3v) is 5.40. The molecular formula is C21H27NO. The second-order valence-corrected chi connectivity index (χ2v) is 6.95. The van der Waals surface area contributed by atoms with Crippen LogP contribution in [0.2, 0.25) is 0 Å². The van der Waals surface area contributed by atoms with Crippen molar-refractivity contribution in [2.45, 2.75) is 45.3 Å². The van der Waals surface area contributed by atoms with E-state index in [1.165, 1.54) is 11.1 Å². The highest BCUT2D eigenvalue weighted by molar-refractivity contribution is 5.18. The van der Waals surface area contributed by atoms with Crippen LogP contribution in [0.3, 0.4) is 0 Å². The van der Waals surface area contributed by atoms with E-state index in [1.807, 2.05) is 0 Å². The summed E-state index contributed by atoms with van der Waals surface area (Å²) in [6.07, 6.45) is 3.30. The molecule has 0 radical (unpaired) electrons. The van der Waals surface area contributed by atoms with Crippen LogP contribution in [0.4, 0.5) is 0 Å². The molecule has 2 nitrogen and oxygen atoms in total. The molecule has 0 spiro atoms. The van der Waals surface area contributed by atoms with E-state index in [0.717, 1.165) is 32.4 Å². The molecule has 0 saturated heterocycles. The lowest BCUT2D eigenvalue weighted by Gasteiger charge is -2.51. The number of aliphatic hydroxyl groups excluding tert-OH is 1. The summed E-state index contributed by atoms with van der Waals surface area (Å²) < 4.78 is 0.